The Bertz CT molecular complexity index is 800. The summed E-state index contributed by atoms with van der Waals surface area (Å²) in [6.45, 7) is 4.88. The van der Waals surface area contributed by atoms with E-state index in [4.69, 9.17) is 5.73 Å². The van der Waals surface area contributed by atoms with E-state index in [1.54, 1.807) is 17.7 Å². The summed E-state index contributed by atoms with van der Waals surface area (Å²) >= 11 is 1.63. The molecule has 0 bridgehead atoms. The van der Waals surface area contributed by atoms with Gasteiger partial charge in [-0.15, -0.1) is 0 Å². The minimum absolute atomic E-state index is 0.362. The summed E-state index contributed by atoms with van der Waals surface area (Å²) in [5.74, 6) is -0.362. The SMILES string of the molecule is CCc1c(-c2ccsc2)c(C(N)=O)c(C)n1CCc1cnc[nH]1. The van der Waals surface area contributed by atoms with E-state index in [1.807, 2.05) is 24.6 Å². The van der Waals surface area contributed by atoms with Crippen LogP contribution in [0.15, 0.2) is 29.4 Å². The van der Waals surface area contributed by atoms with E-state index in [-0.39, 0.29) is 5.91 Å². The average molecular weight is 328 g/mol. The number of nitrogens with two attached hydrogens (primary N) is 1. The first kappa shape index (κ1) is 15.6. The van der Waals surface area contributed by atoms with Gasteiger partial charge in [0.2, 0.25) is 0 Å². The molecule has 120 valence electrons. The molecule has 3 rings (SSSR count). The topological polar surface area (TPSA) is 76.7 Å². The number of hydrogen-bond donors (Lipinski definition) is 2. The molecule has 0 saturated carbocycles. The molecule has 6 heteroatoms. The Morgan fingerprint density at radius 3 is 2.87 bits per heavy atom. The van der Waals surface area contributed by atoms with Crippen molar-refractivity contribution in [3.63, 3.8) is 0 Å². The molecule has 0 fully saturated rings. The normalized spacial score (nSPS) is 11.0. The number of nitrogens with one attached hydrogen (secondary N) is 1. The maximum absolute atomic E-state index is 12.0. The highest BCUT2D eigenvalue weighted by Gasteiger charge is 2.23. The lowest BCUT2D eigenvalue weighted by atomic mass is 10.0. The van der Waals surface area contributed by atoms with Crippen molar-refractivity contribution in [1.29, 1.82) is 0 Å². The molecule has 0 aliphatic heterocycles. The summed E-state index contributed by atoms with van der Waals surface area (Å²) in [6.07, 6.45) is 5.20. The Labute approximate surface area is 139 Å². The monoisotopic (exact) mass is 328 g/mol. The van der Waals surface area contributed by atoms with Crippen LogP contribution in [0.4, 0.5) is 0 Å². The molecule has 0 aliphatic carbocycles. The number of aromatic amines is 1. The second-order valence-corrected chi connectivity index (χ2v) is 6.27. The van der Waals surface area contributed by atoms with Gasteiger partial charge in [0.05, 0.1) is 11.9 Å². The van der Waals surface area contributed by atoms with Crippen LogP contribution in [-0.4, -0.2) is 20.4 Å². The van der Waals surface area contributed by atoms with Crippen molar-refractivity contribution in [1.82, 2.24) is 14.5 Å². The second kappa shape index (κ2) is 6.42. The molecule has 3 N–H and O–H groups in total. The number of aryl methyl sites for hydroxylation is 1. The lowest BCUT2D eigenvalue weighted by molar-refractivity contribution is 0.1000. The molecule has 1 amide bonds. The lowest BCUT2D eigenvalue weighted by Crippen LogP contribution is -2.13. The third-order valence-electron chi connectivity index (χ3n) is 4.18. The van der Waals surface area contributed by atoms with E-state index in [2.05, 4.69) is 26.8 Å². The van der Waals surface area contributed by atoms with Gasteiger partial charge in [-0.1, -0.05) is 6.92 Å². The number of carbonyl (C=O) groups is 1. The van der Waals surface area contributed by atoms with Gasteiger partial charge >= 0.3 is 0 Å². The zero-order valence-electron chi connectivity index (χ0n) is 13.3. The molecule has 23 heavy (non-hydrogen) atoms. The number of primary amides is 1. The summed E-state index contributed by atoms with van der Waals surface area (Å²) in [5, 5.41) is 4.09. The van der Waals surface area contributed by atoms with Crippen molar-refractivity contribution in [2.75, 3.05) is 0 Å². The number of nitrogens with zero attached hydrogens (tertiary/aromatic N) is 2. The molecule has 0 spiro atoms. The fourth-order valence-electron chi connectivity index (χ4n) is 3.14. The van der Waals surface area contributed by atoms with Crippen LogP contribution in [0.1, 0.15) is 34.4 Å². The van der Waals surface area contributed by atoms with Crippen LogP contribution in [-0.2, 0) is 19.4 Å². The number of aromatic nitrogens is 3. The summed E-state index contributed by atoms with van der Waals surface area (Å²) < 4.78 is 2.22. The largest absolute Gasteiger partial charge is 0.366 e. The van der Waals surface area contributed by atoms with Crippen molar-refractivity contribution in [2.45, 2.75) is 33.2 Å². The number of thiophene rings is 1. The fraction of sp³-hybridized carbons (Fsp3) is 0.294. The Morgan fingerprint density at radius 2 is 2.30 bits per heavy atom. The Morgan fingerprint density at radius 1 is 1.48 bits per heavy atom. The molecule has 5 nitrogen and oxygen atoms in total. The van der Waals surface area contributed by atoms with Gasteiger partial charge in [-0.3, -0.25) is 4.79 Å². The summed E-state index contributed by atoms with van der Waals surface area (Å²) in [4.78, 5) is 19.2. The summed E-state index contributed by atoms with van der Waals surface area (Å²) in [6, 6.07) is 2.05. The van der Waals surface area contributed by atoms with Gasteiger partial charge in [-0.2, -0.15) is 11.3 Å². The number of H-pyrrole nitrogens is 1. The minimum atomic E-state index is -0.362. The third kappa shape index (κ3) is 2.82. The molecule has 0 unspecified atom stereocenters. The Kier molecular flexibility index (Phi) is 4.34. The average Bonchev–Trinajstić information content (AvgIpc) is 3.25. The number of amides is 1. The number of rotatable bonds is 6. The molecule has 3 aromatic heterocycles. The molecule has 0 radical (unpaired) electrons. The van der Waals surface area contributed by atoms with Gasteiger partial charge in [0.25, 0.3) is 5.91 Å². The maximum atomic E-state index is 12.0. The van der Waals surface area contributed by atoms with Gasteiger partial charge in [-0.25, -0.2) is 4.98 Å². The van der Waals surface area contributed by atoms with Crippen LogP contribution in [0.5, 0.6) is 0 Å². The zero-order valence-corrected chi connectivity index (χ0v) is 14.1. The molecule has 0 aliphatic rings. The van der Waals surface area contributed by atoms with E-state index in [9.17, 15) is 4.79 Å². The first-order valence-electron chi connectivity index (χ1n) is 7.65. The highest BCUT2D eigenvalue weighted by atomic mass is 32.1. The lowest BCUT2D eigenvalue weighted by Gasteiger charge is -2.11. The van der Waals surface area contributed by atoms with E-state index >= 15 is 0 Å². The van der Waals surface area contributed by atoms with E-state index < -0.39 is 0 Å². The van der Waals surface area contributed by atoms with Crippen LogP contribution in [0, 0.1) is 6.92 Å². The van der Waals surface area contributed by atoms with Gasteiger partial charge in [0, 0.05) is 41.8 Å². The van der Waals surface area contributed by atoms with Crippen molar-refractivity contribution in [2.24, 2.45) is 5.73 Å². The van der Waals surface area contributed by atoms with E-state index in [1.165, 1.54) is 0 Å². The van der Waals surface area contributed by atoms with Gasteiger partial charge in [0.15, 0.2) is 0 Å². The Balaban J connectivity index is 2.08. The van der Waals surface area contributed by atoms with Gasteiger partial charge in [0.1, 0.15) is 0 Å². The van der Waals surface area contributed by atoms with Gasteiger partial charge in [-0.05, 0) is 35.7 Å². The second-order valence-electron chi connectivity index (χ2n) is 5.49. The predicted molar refractivity (Wildman–Crippen MR) is 92.7 cm³/mol. The van der Waals surface area contributed by atoms with Crippen molar-refractivity contribution in [3.05, 3.63) is 52.0 Å². The summed E-state index contributed by atoms with van der Waals surface area (Å²) in [7, 11) is 0. The number of imidazole rings is 1. The molecule has 3 aromatic rings. The van der Waals surface area contributed by atoms with Crippen molar-refractivity contribution >= 4 is 17.2 Å². The van der Waals surface area contributed by atoms with Crippen LogP contribution in [0.3, 0.4) is 0 Å². The number of hydrogen-bond acceptors (Lipinski definition) is 3. The highest BCUT2D eigenvalue weighted by Crippen LogP contribution is 2.34. The van der Waals surface area contributed by atoms with Crippen LogP contribution < -0.4 is 5.73 Å². The first-order valence-corrected chi connectivity index (χ1v) is 8.59. The molecule has 0 saturated heterocycles. The van der Waals surface area contributed by atoms with E-state index in [0.717, 1.165) is 47.6 Å². The molecular formula is C17H20N4OS. The molecule has 0 aromatic carbocycles. The predicted octanol–water partition coefficient (Wildman–Crippen LogP) is 3.15. The minimum Gasteiger partial charge on any atom is -0.366 e. The molecule has 3 heterocycles. The fourth-order valence-corrected chi connectivity index (χ4v) is 3.79. The van der Waals surface area contributed by atoms with Crippen LogP contribution >= 0.6 is 11.3 Å². The quantitative estimate of drug-likeness (QED) is 0.729. The summed E-state index contributed by atoms with van der Waals surface area (Å²) in [5.41, 5.74) is 11.6. The smallest absolute Gasteiger partial charge is 0.251 e. The zero-order chi connectivity index (χ0) is 16.4. The van der Waals surface area contributed by atoms with Crippen molar-refractivity contribution in [3.8, 4) is 11.1 Å². The van der Waals surface area contributed by atoms with Crippen molar-refractivity contribution < 1.29 is 4.79 Å². The highest BCUT2D eigenvalue weighted by molar-refractivity contribution is 7.08. The van der Waals surface area contributed by atoms with Crippen LogP contribution in [0.25, 0.3) is 11.1 Å². The standard InChI is InChI=1S/C17H20N4OS/c1-3-14-16(12-5-7-23-9-12)15(17(18)22)11(2)21(14)6-4-13-8-19-10-20-13/h5,7-10H,3-4,6H2,1-2H3,(H2,18,22)(H,19,20). The van der Waals surface area contributed by atoms with E-state index in [0.29, 0.717) is 5.56 Å². The molecule has 0 atom stereocenters. The number of carbonyl (C=O) groups excluding carboxylic acids is 1. The third-order valence-corrected chi connectivity index (χ3v) is 4.87. The Hall–Kier alpha value is -2.34. The maximum Gasteiger partial charge on any atom is 0.251 e. The van der Waals surface area contributed by atoms with Crippen LogP contribution in [0.2, 0.25) is 0 Å². The molecular weight excluding hydrogens is 308 g/mol. The first-order chi connectivity index (χ1) is 11.1. The van der Waals surface area contributed by atoms with Gasteiger partial charge < -0.3 is 15.3 Å².